The predicted molar refractivity (Wildman–Crippen MR) is 82.7 cm³/mol. The van der Waals surface area contributed by atoms with Gasteiger partial charge in [-0.25, -0.2) is 0 Å². The van der Waals surface area contributed by atoms with E-state index < -0.39 is 35.7 Å². The molecule has 3 heterocycles. The summed E-state index contributed by atoms with van der Waals surface area (Å²) >= 11 is 0. The van der Waals surface area contributed by atoms with Crippen molar-refractivity contribution in [3.05, 3.63) is 0 Å². The Hall–Kier alpha value is -0.240. The van der Waals surface area contributed by atoms with Gasteiger partial charge >= 0.3 is 0 Å². The van der Waals surface area contributed by atoms with Gasteiger partial charge in [-0.05, 0) is 34.1 Å². The predicted octanol–water partition coefficient (Wildman–Crippen LogP) is 2.33. The Morgan fingerprint density at radius 3 is 2.30 bits per heavy atom. The Balaban J connectivity index is 1.78. The highest BCUT2D eigenvalue weighted by Gasteiger charge is 2.65. The zero-order chi connectivity index (χ0) is 16.9. The van der Waals surface area contributed by atoms with Gasteiger partial charge in [0, 0.05) is 0 Å². The number of hydrogen-bond acceptors (Lipinski definition) is 6. The molecule has 3 fully saturated rings. The molecule has 6 nitrogen and oxygen atoms in total. The van der Waals surface area contributed by atoms with Crippen LogP contribution in [0.15, 0.2) is 0 Å². The van der Waals surface area contributed by atoms with Crippen molar-refractivity contribution >= 4 is 0 Å². The summed E-state index contributed by atoms with van der Waals surface area (Å²) in [5.74, 6) is -1.40. The lowest BCUT2D eigenvalue weighted by atomic mass is 9.84. The van der Waals surface area contributed by atoms with Crippen LogP contribution >= 0.6 is 0 Å². The molecular weight excluding hydrogens is 300 g/mol. The maximum Gasteiger partial charge on any atom is 0.190 e. The smallest absolute Gasteiger partial charge is 0.190 e. The SMILES string of the molecule is CCCCC[C@]1(O)[C@@H]([C@H]2COC(C)(C)O2)O[C@@H]2OC(C)(C)O[C@@H]21. The highest BCUT2D eigenvalue weighted by atomic mass is 16.8. The van der Waals surface area contributed by atoms with Crippen LogP contribution in [0.4, 0.5) is 0 Å². The summed E-state index contributed by atoms with van der Waals surface area (Å²) in [5, 5.41) is 11.4. The van der Waals surface area contributed by atoms with Gasteiger partial charge in [-0.1, -0.05) is 26.2 Å². The van der Waals surface area contributed by atoms with Crippen molar-refractivity contribution in [3.8, 4) is 0 Å². The lowest BCUT2D eigenvalue weighted by Gasteiger charge is -2.36. The molecule has 3 aliphatic heterocycles. The molecule has 134 valence electrons. The van der Waals surface area contributed by atoms with Crippen molar-refractivity contribution in [1.82, 2.24) is 0 Å². The maximum atomic E-state index is 11.4. The maximum absolute atomic E-state index is 11.4. The number of ether oxygens (including phenoxy) is 5. The van der Waals surface area contributed by atoms with Crippen LogP contribution in [0.1, 0.15) is 60.3 Å². The molecule has 0 radical (unpaired) electrons. The fourth-order valence-electron chi connectivity index (χ4n) is 3.81. The van der Waals surface area contributed by atoms with Crippen molar-refractivity contribution < 1.29 is 28.8 Å². The first-order chi connectivity index (χ1) is 10.7. The number of rotatable bonds is 5. The molecule has 5 atom stereocenters. The second-order valence-corrected chi connectivity index (χ2v) is 7.80. The zero-order valence-electron chi connectivity index (χ0n) is 14.8. The molecule has 3 saturated heterocycles. The number of aliphatic hydroxyl groups is 1. The van der Waals surface area contributed by atoms with E-state index in [-0.39, 0.29) is 6.10 Å². The van der Waals surface area contributed by atoms with E-state index in [1.165, 1.54) is 0 Å². The minimum atomic E-state index is -1.12. The third-order valence-corrected chi connectivity index (χ3v) is 4.87. The van der Waals surface area contributed by atoms with Crippen molar-refractivity contribution in [3.63, 3.8) is 0 Å². The fraction of sp³-hybridized carbons (Fsp3) is 1.00. The quantitative estimate of drug-likeness (QED) is 0.781. The van der Waals surface area contributed by atoms with E-state index in [1.807, 2.05) is 27.7 Å². The van der Waals surface area contributed by atoms with Gasteiger partial charge in [-0.2, -0.15) is 0 Å². The van der Waals surface area contributed by atoms with Crippen molar-refractivity contribution in [2.24, 2.45) is 0 Å². The second-order valence-electron chi connectivity index (χ2n) is 7.80. The lowest BCUT2D eigenvalue weighted by molar-refractivity contribution is -0.249. The van der Waals surface area contributed by atoms with Crippen LogP contribution in [-0.2, 0) is 23.7 Å². The van der Waals surface area contributed by atoms with Crippen LogP contribution in [0.25, 0.3) is 0 Å². The molecule has 0 aromatic heterocycles. The minimum absolute atomic E-state index is 0.322. The summed E-state index contributed by atoms with van der Waals surface area (Å²) in [6, 6.07) is 0. The van der Waals surface area contributed by atoms with Gasteiger partial charge in [-0.3, -0.25) is 0 Å². The minimum Gasteiger partial charge on any atom is -0.384 e. The summed E-state index contributed by atoms with van der Waals surface area (Å²) in [6.45, 7) is 9.97. The fourth-order valence-corrected chi connectivity index (χ4v) is 3.81. The first kappa shape index (κ1) is 17.6. The molecule has 0 aromatic carbocycles. The molecule has 0 aromatic rings. The Morgan fingerprint density at radius 1 is 0.957 bits per heavy atom. The molecule has 3 rings (SSSR count). The van der Waals surface area contributed by atoms with Crippen LogP contribution in [0, 0.1) is 0 Å². The zero-order valence-corrected chi connectivity index (χ0v) is 14.8. The van der Waals surface area contributed by atoms with Gasteiger partial charge < -0.3 is 28.8 Å². The first-order valence-electron chi connectivity index (χ1n) is 8.72. The molecule has 0 aliphatic carbocycles. The highest BCUT2D eigenvalue weighted by molar-refractivity contribution is 5.08. The van der Waals surface area contributed by atoms with E-state index in [0.717, 1.165) is 19.3 Å². The van der Waals surface area contributed by atoms with E-state index in [4.69, 9.17) is 23.7 Å². The van der Waals surface area contributed by atoms with Crippen molar-refractivity contribution in [1.29, 1.82) is 0 Å². The van der Waals surface area contributed by atoms with E-state index in [9.17, 15) is 5.11 Å². The Labute approximate surface area is 138 Å². The van der Waals surface area contributed by atoms with E-state index in [0.29, 0.717) is 13.0 Å². The van der Waals surface area contributed by atoms with Gasteiger partial charge in [0.2, 0.25) is 0 Å². The van der Waals surface area contributed by atoms with Crippen LogP contribution in [-0.4, -0.2) is 53.5 Å². The number of fused-ring (bicyclic) bond motifs is 1. The van der Waals surface area contributed by atoms with Crippen LogP contribution in [0.5, 0.6) is 0 Å². The number of unbranched alkanes of at least 4 members (excludes halogenated alkanes) is 2. The summed E-state index contributed by atoms with van der Waals surface area (Å²) in [6.07, 6.45) is 1.78. The van der Waals surface area contributed by atoms with Gasteiger partial charge in [-0.15, -0.1) is 0 Å². The van der Waals surface area contributed by atoms with Crippen molar-refractivity contribution in [2.75, 3.05) is 6.61 Å². The lowest BCUT2D eigenvalue weighted by Crippen LogP contribution is -2.54. The third-order valence-electron chi connectivity index (χ3n) is 4.87. The molecule has 23 heavy (non-hydrogen) atoms. The van der Waals surface area contributed by atoms with Gasteiger partial charge in [0.15, 0.2) is 17.9 Å². The molecule has 1 N–H and O–H groups in total. The normalized spacial score (nSPS) is 44.6. The summed E-state index contributed by atoms with van der Waals surface area (Å²) in [7, 11) is 0. The molecule has 6 heteroatoms. The topological polar surface area (TPSA) is 66.4 Å². The van der Waals surface area contributed by atoms with E-state index in [2.05, 4.69) is 6.92 Å². The van der Waals surface area contributed by atoms with Gasteiger partial charge in [0.1, 0.15) is 23.9 Å². The third kappa shape index (κ3) is 3.30. The largest absolute Gasteiger partial charge is 0.384 e. The van der Waals surface area contributed by atoms with Gasteiger partial charge in [0.25, 0.3) is 0 Å². The average Bonchev–Trinajstić information content (AvgIpc) is 3.02. The van der Waals surface area contributed by atoms with Gasteiger partial charge in [0.05, 0.1) is 6.61 Å². The van der Waals surface area contributed by atoms with Crippen LogP contribution < -0.4 is 0 Å². The standard InChI is InChI=1S/C17H30O6/c1-6-7-8-9-17(18)12(11-10-19-15(2,3)21-11)20-14-13(17)22-16(4,5)23-14/h11-14,18H,6-10H2,1-5H3/t11-,12-,13+,14-,17+/m1/s1. The molecule has 0 saturated carbocycles. The number of hydrogen-bond donors (Lipinski definition) is 1. The van der Waals surface area contributed by atoms with Crippen molar-refractivity contribution in [2.45, 2.75) is 102 Å². The second kappa shape index (κ2) is 5.93. The molecule has 0 unspecified atom stereocenters. The average molecular weight is 330 g/mol. The monoisotopic (exact) mass is 330 g/mol. The Morgan fingerprint density at radius 2 is 1.70 bits per heavy atom. The summed E-state index contributed by atoms with van der Waals surface area (Å²) in [4.78, 5) is 0. The molecule has 0 amide bonds. The molecule has 3 aliphatic rings. The summed E-state index contributed by atoms with van der Waals surface area (Å²) < 4.78 is 29.4. The Bertz CT molecular complexity index is 437. The van der Waals surface area contributed by atoms with E-state index >= 15 is 0 Å². The molecule has 0 spiro atoms. The van der Waals surface area contributed by atoms with Crippen LogP contribution in [0.2, 0.25) is 0 Å². The summed E-state index contributed by atoms with van der Waals surface area (Å²) in [5.41, 5.74) is -1.12. The molecular formula is C17H30O6. The van der Waals surface area contributed by atoms with Crippen LogP contribution in [0.3, 0.4) is 0 Å². The Kier molecular flexibility index (Phi) is 4.53. The highest BCUT2D eigenvalue weighted by Crippen LogP contribution is 2.47. The molecule has 0 bridgehead atoms. The van der Waals surface area contributed by atoms with E-state index in [1.54, 1.807) is 0 Å². The first-order valence-corrected chi connectivity index (χ1v) is 8.72.